The first-order valence-corrected chi connectivity index (χ1v) is 18.8. The second-order valence-electron chi connectivity index (χ2n) is 11.6. The summed E-state index contributed by atoms with van der Waals surface area (Å²) >= 11 is 0. The Hall–Kier alpha value is -1.22. The highest BCUT2D eigenvalue weighted by Crippen LogP contribution is 2.22. The van der Waals surface area contributed by atoms with Crippen LogP contribution >= 0.6 is 9.24 Å². The van der Waals surface area contributed by atoms with Gasteiger partial charge in [-0.2, -0.15) is 8.42 Å². The summed E-state index contributed by atoms with van der Waals surface area (Å²) in [6, 6.07) is 11.4. The van der Waals surface area contributed by atoms with Gasteiger partial charge in [-0.3, -0.25) is 4.55 Å². The molecule has 0 amide bonds. The largest absolute Gasteiger partial charge is 0.294 e. The zero-order chi connectivity index (χ0) is 30.3. The average Bonchev–Trinajstić information content (AvgIpc) is 2.96. The third-order valence-electron chi connectivity index (χ3n) is 7.97. The maximum absolute atomic E-state index is 11.3. The fourth-order valence-corrected chi connectivity index (χ4v) is 6.61. The third-order valence-corrected chi connectivity index (χ3v) is 9.47. The van der Waals surface area contributed by atoms with Gasteiger partial charge in [-0.15, -0.1) is 9.24 Å². The molecule has 0 aliphatic rings. The number of rotatable bonds is 21. The van der Waals surface area contributed by atoms with E-state index in [-0.39, 0.29) is 4.90 Å². The smallest absolute Gasteiger partial charge is 0.282 e. The van der Waals surface area contributed by atoms with Crippen molar-refractivity contribution in [3.8, 4) is 0 Å². The van der Waals surface area contributed by atoms with Crippen molar-refractivity contribution in [1.82, 2.24) is 0 Å². The molecule has 2 rings (SSSR count). The number of unbranched alkanes of at least 4 members (excludes halogenated alkanes) is 12. The summed E-state index contributed by atoms with van der Waals surface area (Å²) in [7, 11) is -1.14. The van der Waals surface area contributed by atoms with E-state index in [1.165, 1.54) is 121 Å². The van der Waals surface area contributed by atoms with E-state index in [9.17, 15) is 13.0 Å². The molecule has 0 fully saturated rings. The molecule has 1 unspecified atom stereocenters. The highest BCUT2D eigenvalue weighted by Gasteiger charge is 2.14. The van der Waals surface area contributed by atoms with Crippen molar-refractivity contribution in [3.63, 3.8) is 0 Å². The molecule has 1 atom stereocenters. The van der Waals surface area contributed by atoms with E-state index in [2.05, 4.69) is 49.1 Å². The van der Waals surface area contributed by atoms with E-state index in [1.54, 1.807) is 28.8 Å². The third kappa shape index (κ3) is 16.3. The maximum Gasteiger partial charge on any atom is 0.294 e. The summed E-state index contributed by atoms with van der Waals surface area (Å²) in [5, 5.41) is 1.43. The summed E-state index contributed by atoms with van der Waals surface area (Å²) in [5.74, 6) is 0. The van der Waals surface area contributed by atoms with Crippen molar-refractivity contribution < 1.29 is 13.0 Å². The molecule has 1 N–H and O–H groups in total. The summed E-state index contributed by atoms with van der Waals surface area (Å²) < 4.78 is 31.8. The lowest BCUT2D eigenvalue weighted by molar-refractivity contribution is 0.481. The molecule has 0 radical (unpaired) electrons. The number of aryl methyl sites for hydroxylation is 2. The topological polar surface area (TPSA) is 54.4 Å². The van der Waals surface area contributed by atoms with Crippen LogP contribution in [0.4, 0.5) is 0 Å². The molecule has 0 aliphatic heterocycles. The number of hydrogen-bond acceptors (Lipinski definition) is 2. The molecular weight excluding hydrogens is 543 g/mol. The Morgan fingerprint density at radius 2 is 1.00 bits per heavy atom. The zero-order valence-corrected chi connectivity index (χ0v) is 28.8. The molecule has 3 nitrogen and oxygen atoms in total. The molecule has 0 saturated carbocycles. The van der Waals surface area contributed by atoms with Gasteiger partial charge in [0.2, 0.25) is 0 Å². The average molecular weight is 605 g/mol. The van der Waals surface area contributed by atoms with Crippen LogP contribution in [0.3, 0.4) is 0 Å². The molecule has 0 aliphatic carbocycles. The van der Waals surface area contributed by atoms with E-state index in [0.29, 0.717) is 6.42 Å². The number of hydrogen-bond donors (Lipinski definition) is 1. The molecule has 2 aromatic carbocycles. The molecule has 41 heavy (non-hydrogen) atoms. The van der Waals surface area contributed by atoms with Crippen LogP contribution in [0.2, 0.25) is 0 Å². The van der Waals surface area contributed by atoms with E-state index >= 15 is 0 Å². The van der Waals surface area contributed by atoms with Gasteiger partial charge in [0.25, 0.3) is 10.1 Å². The highest BCUT2D eigenvalue weighted by molar-refractivity contribution is 7.85. The normalized spacial score (nSPS) is 11.4. The van der Waals surface area contributed by atoms with Crippen molar-refractivity contribution in [3.05, 3.63) is 58.7 Å². The van der Waals surface area contributed by atoms with Gasteiger partial charge in [-0.1, -0.05) is 135 Å². The molecule has 5 heteroatoms. The summed E-state index contributed by atoms with van der Waals surface area (Å²) in [4.78, 5) is 0.0610. The van der Waals surface area contributed by atoms with Gasteiger partial charge in [-0.25, -0.2) is 0 Å². The lowest BCUT2D eigenvalue weighted by atomic mass is 9.91. The zero-order valence-electron chi connectivity index (χ0n) is 26.9. The maximum atomic E-state index is 11.3. The van der Waals surface area contributed by atoms with Crippen molar-refractivity contribution >= 4 is 24.7 Å². The van der Waals surface area contributed by atoms with Crippen LogP contribution in [0.5, 0.6) is 0 Å². The first-order chi connectivity index (χ1) is 19.8. The minimum absolute atomic E-state index is 0.0610. The molecule has 0 heterocycles. The fourth-order valence-electron chi connectivity index (χ4n) is 5.44. The molecule has 0 bridgehead atoms. The Morgan fingerprint density at radius 3 is 1.56 bits per heavy atom. The van der Waals surface area contributed by atoms with Gasteiger partial charge in [0, 0.05) is 0 Å². The van der Waals surface area contributed by atoms with Crippen LogP contribution < -0.4 is 5.30 Å². The Kier molecular flexibility index (Phi) is 21.4. The predicted molar refractivity (Wildman–Crippen MR) is 183 cm³/mol. The van der Waals surface area contributed by atoms with Crippen LogP contribution in [0, 0.1) is 0 Å². The van der Waals surface area contributed by atoms with Crippen LogP contribution in [0.25, 0.3) is 0 Å². The van der Waals surface area contributed by atoms with Crippen molar-refractivity contribution in [1.29, 1.82) is 0 Å². The SMILES string of the molecule is CCCCCCCCCCCCc1ccccc1S(=O)(=O)O.CCCCc1ccc(P)c(CCCC)c1CCCC. The van der Waals surface area contributed by atoms with Gasteiger partial charge in [0.1, 0.15) is 0 Å². The van der Waals surface area contributed by atoms with Gasteiger partial charge >= 0.3 is 0 Å². The van der Waals surface area contributed by atoms with Crippen LogP contribution in [0.1, 0.15) is 153 Å². The number of benzene rings is 2. The summed E-state index contributed by atoms with van der Waals surface area (Å²) in [6.45, 7) is 9.10. The molecule has 0 spiro atoms. The minimum atomic E-state index is -4.10. The second kappa shape index (κ2) is 23.3. The minimum Gasteiger partial charge on any atom is -0.282 e. The first kappa shape index (κ1) is 37.8. The van der Waals surface area contributed by atoms with Gasteiger partial charge in [0.05, 0.1) is 4.90 Å². The summed E-state index contributed by atoms with van der Waals surface area (Å²) in [5.41, 5.74) is 5.65. The van der Waals surface area contributed by atoms with E-state index in [4.69, 9.17) is 0 Å². The van der Waals surface area contributed by atoms with E-state index in [0.717, 1.165) is 18.4 Å². The van der Waals surface area contributed by atoms with E-state index in [1.807, 2.05) is 6.07 Å². The fraction of sp³-hybridized carbons (Fsp3) is 0.667. The van der Waals surface area contributed by atoms with Gasteiger partial charge in [-0.05, 0) is 85.0 Å². The Morgan fingerprint density at radius 1 is 0.537 bits per heavy atom. The lowest BCUT2D eigenvalue weighted by Crippen LogP contribution is -2.10. The highest BCUT2D eigenvalue weighted by atomic mass is 32.2. The summed E-state index contributed by atoms with van der Waals surface area (Å²) in [6.07, 6.45) is 24.9. The molecule has 0 aromatic heterocycles. The molecule has 2 aromatic rings. The Balaban J connectivity index is 0.000000414. The predicted octanol–water partition coefficient (Wildman–Crippen LogP) is 10.6. The molecule has 0 saturated heterocycles. The Labute approximate surface area is 256 Å². The van der Waals surface area contributed by atoms with Crippen LogP contribution in [-0.2, 0) is 35.8 Å². The van der Waals surface area contributed by atoms with E-state index < -0.39 is 10.1 Å². The Bertz CT molecular complexity index is 1050. The quantitative estimate of drug-likeness (QED) is 0.0876. The first-order valence-electron chi connectivity index (χ1n) is 16.7. The second-order valence-corrected chi connectivity index (χ2v) is 13.6. The molecular formula is C36H61O3PS. The van der Waals surface area contributed by atoms with Gasteiger partial charge < -0.3 is 0 Å². The molecule has 234 valence electrons. The van der Waals surface area contributed by atoms with Crippen molar-refractivity contribution in [2.24, 2.45) is 0 Å². The monoisotopic (exact) mass is 604 g/mol. The van der Waals surface area contributed by atoms with Crippen molar-refractivity contribution in [2.75, 3.05) is 0 Å². The lowest BCUT2D eigenvalue weighted by Gasteiger charge is -2.17. The van der Waals surface area contributed by atoms with Crippen molar-refractivity contribution in [2.45, 2.75) is 161 Å². The standard InChI is InChI=1S/C18H30O3S.C18H31P/c1-2-3-4-5-6-7-8-9-10-11-14-17-15-12-13-16-18(17)22(19,20)21;1-4-7-10-15-13-14-18(19)17(12-9-6-3)16(15)11-8-5-2/h12-13,15-16H,2-11,14H2,1H3,(H,19,20,21);13-14H,4-12,19H2,1-3H3. The van der Waals surface area contributed by atoms with Gasteiger partial charge in [0.15, 0.2) is 0 Å². The van der Waals surface area contributed by atoms with Crippen LogP contribution in [0.15, 0.2) is 41.3 Å². The van der Waals surface area contributed by atoms with Crippen LogP contribution in [-0.4, -0.2) is 13.0 Å².